The smallest absolute Gasteiger partial charge is 0.352 e. The number of likely N-dealkylation sites (tertiary alicyclic amines) is 1. The molecule has 1 aromatic heterocycles. The van der Waals surface area contributed by atoms with Gasteiger partial charge in [-0.25, -0.2) is 4.98 Å². The highest BCUT2D eigenvalue weighted by molar-refractivity contribution is 14.0. The molecule has 3 rings (SSSR count). The number of hydrogen-bond donors (Lipinski definition) is 2. The van der Waals surface area contributed by atoms with E-state index in [0.29, 0.717) is 17.5 Å². The molecule has 2 N–H and O–H groups in total. The Balaban J connectivity index is 0.00000341. The molecule has 172 valence electrons. The molecular formula is C21H29F3IN5S. The molecule has 1 aliphatic rings. The van der Waals surface area contributed by atoms with Crippen LogP contribution in [0.1, 0.15) is 47.5 Å². The number of halogens is 4. The number of hydrogen-bond acceptors (Lipinski definition) is 4. The van der Waals surface area contributed by atoms with Gasteiger partial charge >= 0.3 is 6.18 Å². The van der Waals surface area contributed by atoms with Crippen molar-refractivity contribution in [3.05, 3.63) is 51.5 Å². The lowest BCUT2D eigenvalue weighted by Crippen LogP contribution is -2.36. The molecular weight excluding hydrogens is 538 g/mol. The summed E-state index contributed by atoms with van der Waals surface area (Å²) in [6.07, 6.45) is 0.781. The molecule has 0 unspecified atom stereocenters. The number of guanidine groups is 1. The summed E-state index contributed by atoms with van der Waals surface area (Å²) in [5, 5.41) is 7.63. The van der Waals surface area contributed by atoms with Gasteiger partial charge in [0, 0.05) is 25.5 Å². The molecule has 0 spiro atoms. The Hall–Kier alpha value is -1.40. The number of nitrogens with one attached hydrogen (secondary N) is 2. The third kappa shape index (κ3) is 8.57. The minimum Gasteiger partial charge on any atom is -0.352 e. The molecule has 0 atom stereocenters. The number of alkyl halides is 3. The number of benzene rings is 1. The van der Waals surface area contributed by atoms with E-state index in [2.05, 4.69) is 49.8 Å². The topological polar surface area (TPSA) is 52.6 Å². The van der Waals surface area contributed by atoms with E-state index in [1.54, 1.807) is 7.05 Å². The molecule has 2 aromatic rings. The van der Waals surface area contributed by atoms with E-state index in [-0.39, 0.29) is 30.5 Å². The number of thiazole rings is 1. The van der Waals surface area contributed by atoms with Crippen molar-refractivity contribution in [3.63, 3.8) is 0 Å². The van der Waals surface area contributed by atoms with Gasteiger partial charge in [-0.2, -0.15) is 13.2 Å². The molecule has 0 saturated carbocycles. The zero-order valence-corrected chi connectivity index (χ0v) is 20.7. The van der Waals surface area contributed by atoms with Crippen LogP contribution < -0.4 is 10.6 Å². The maximum atomic E-state index is 12.7. The van der Waals surface area contributed by atoms with Gasteiger partial charge in [0.2, 0.25) is 0 Å². The van der Waals surface area contributed by atoms with E-state index in [4.69, 9.17) is 0 Å². The van der Waals surface area contributed by atoms with Gasteiger partial charge in [-0.15, -0.1) is 35.3 Å². The Morgan fingerprint density at radius 2 is 1.77 bits per heavy atom. The molecule has 0 radical (unpaired) electrons. The fourth-order valence-electron chi connectivity index (χ4n) is 3.48. The van der Waals surface area contributed by atoms with Crippen LogP contribution in [-0.2, 0) is 25.8 Å². The summed E-state index contributed by atoms with van der Waals surface area (Å²) in [6.45, 7) is 4.05. The average molecular weight is 567 g/mol. The van der Waals surface area contributed by atoms with Crippen molar-refractivity contribution in [1.82, 2.24) is 20.5 Å². The Morgan fingerprint density at radius 3 is 2.42 bits per heavy atom. The molecule has 1 fully saturated rings. The van der Waals surface area contributed by atoms with Crippen LogP contribution in [0.5, 0.6) is 0 Å². The summed E-state index contributed by atoms with van der Waals surface area (Å²) < 4.78 is 38.0. The zero-order valence-electron chi connectivity index (χ0n) is 17.5. The largest absolute Gasteiger partial charge is 0.434 e. The Kier molecular flexibility index (Phi) is 10.5. The number of rotatable bonds is 6. The van der Waals surface area contributed by atoms with Crippen molar-refractivity contribution in [2.24, 2.45) is 4.99 Å². The van der Waals surface area contributed by atoms with Gasteiger partial charge in [-0.05, 0) is 37.1 Å². The fraction of sp³-hybridized carbons (Fsp3) is 0.524. The van der Waals surface area contributed by atoms with Crippen LogP contribution >= 0.6 is 35.3 Å². The van der Waals surface area contributed by atoms with Crippen LogP contribution in [0, 0.1) is 0 Å². The van der Waals surface area contributed by atoms with Crippen molar-refractivity contribution in [1.29, 1.82) is 0 Å². The molecule has 0 bridgehead atoms. The molecule has 1 aliphatic heterocycles. The van der Waals surface area contributed by atoms with Gasteiger partial charge in [0.1, 0.15) is 5.01 Å². The van der Waals surface area contributed by atoms with Crippen molar-refractivity contribution < 1.29 is 13.2 Å². The van der Waals surface area contributed by atoms with Gasteiger partial charge in [-0.1, -0.05) is 37.1 Å². The Bertz CT molecular complexity index is 832. The van der Waals surface area contributed by atoms with Gasteiger partial charge in [0.15, 0.2) is 11.7 Å². The zero-order chi connectivity index (χ0) is 21.4. The van der Waals surface area contributed by atoms with Crippen LogP contribution in [0.4, 0.5) is 13.2 Å². The summed E-state index contributed by atoms with van der Waals surface area (Å²) in [5.74, 6) is 0.525. The van der Waals surface area contributed by atoms with Gasteiger partial charge in [0.25, 0.3) is 0 Å². The van der Waals surface area contributed by atoms with Crippen molar-refractivity contribution in [2.75, 3.05) is 20.1 Å². The Morgan fingerprint density at radius 1 is 1.10 bits per heavy atom. The third-order valence-electron chi connectivity index (χ3n) is 5.03. The number of aliphatic imine (C=N–C) groups is 1. The highest BCUT2D eigenvalue weighted by Crippen LogP contribution is 2.29. The van der Waals surface area contributed by atoms with E-state index in [9.17, 15) is 13.2 Å². The predicted molar refractivity (Wildman–Crippen MR) is 130 cm³/mol. The number of nitrogens with zero attached hydrogens (tertiary/aromatic N) is 3. The van der Waals surface area contributed by atoms with Crippen molar-refractivity contribution in [3.8, 4) is 0 Å². The van der Waals surface area contributed by atoms with Crippen LogP contribution in [0.3, 0.4) is 0 Å². The first kappa shape index (κ1) is 25.9. The van der Waals surface area contributed by atoms with Crippen LogP contribution in [0.15, 0.2) is 34.6 Å². The van der Waals surface area contributed by atoms with Gasteiger partial charge in [-0.3, -0.25) is 9.89 Å². The maximum Gasteiger partial charge on any atom is 0.434 e. The third-order valence-corrected chi connectivity index (χ3v) is 5.88. The van der Waals surface area contributed by atoms with Gasteiger partial charge in [0.05, 0.1) is 6.54 Å². The highest BCUT2D eigenvalue weighted by atomic mass is 127. The lowest BCUT2D eigenvalue weighted by Gasteiger charge is -2.20. The Labute approximate surface area is 202 Å². The van der Waals surface area contributed by atoms with E-state index >= 15 is 0 Å². The SMILES string of the molecule is CN=C(NCc1cccc(CN2CCCCCC2)c1)NCc1nc(C(F)(F)F)cs1.I. The molecule has 5 nitrogen and oxygen atoms in total. The summed E-state index contributed by atoms with van der Waals surface area (Å²) >= 11 is 0.982. The standard InChI is InChI=1S/C21H28F3N5S.HI/c1-25-20(27-13-19-28-18(15-30-19)21(22,23)24)26-12-16-7-6-8-17(11-16)14-29-9-4-2-3-5-10-29;/h6-8,11,15H,2-5,9-10,12-14H2,1H3,(H2,25,26,27);1H. The first-order valence-electron chi connectivity index (χ1n) is 10.2. The first-order valence-corrected chi connectivity index (χ1v) is 11.1. The lowest BCUT2D eigenvalue weighted by atomic mass is 10.1. The maximum absolute atomic E-state index is 12.7. The summed E-state index contributed by atoms with van der Waals surface area (Å²) in [7, 11) is 1.63. The normalized spacial score (nSPS) is 15.8. The van der Waals surface area contributed by atoms with Crippen molar-refractivity contribution >= 4 is 41.3 Å². The number of aromatic nitrogens is 1. The van der Waals surface area contributed by atoms with Gasteiger partial charge < -0.3 is 10.6 Å². The minimum atomic E-state index is -4.41. The summed E-state index contributed by atoms with van der Waals surface area (Å²) in [5.41, 5.74) is 1.58. The van der Waals surface area contributed by atoms with Crippen LogP contribution in [-0.4, -0.2) is 36.0 Å². The molecule has 1 aromatic carbocycles. The van der Waals surface area contributed by atoms with Crippen molar-refractivity contribution in [2.45, 2.75) is 51.5 Å². The van der Waals surface area contributed by atoms with E-state index in [1.807, 2.05) is 0 Å². The quantitative estimate of drug-likeness (QED) is 0.293. The second-order valence-corrected chi connectivity index (χ2v) is 8.36. The molecule has 10 heteroatoms. The monoisotopic (exact) mass is 567 g/mol. The lowest BCUT2D eigenvalue weighted by molar-refractivity contribution is -0.140. The molecule has 0 amide bonds. The second kappa shape index (κ2) is 12.6. The highest BCUT2D eigenvalue weighted by Gasteiger charge is 2.33. The van der Waals surface area contributed by atoms with Crippen LogP contribution in [0.2, 0.25) is 0 Å². The molecule has 0 aliphatic carbocycles. The molecule has 1 saturated heterocycles. The fourth-order valence-corrected chi connectivity index (χ4v) is 4.22. The first-order chi connectivity index (χ1) is 14.4. The van der Waals surface area contributed by atoms with E-state index in [0.717, 1.165) is 41.9 Å². The summed E-state index contributed by atoms with van der Waals surface area (Å²) in [6, 6.07) is 8.47. The molecule has 2 heterocycles. The average Bonchev–Trinajstić information content (AvgIpc) is 3.07. The predicted octanol–water partition coefficient (Wildman–Crippen LogP) is 5.02. The minimum absolute atomic E-state index is 0. The second-order valence-electron chi connectivity index (χ2n) is 7.41. The van der Waals surface area contributed by atoms with E-state index in [1.165, 1.54) is 31.2 Å². The van der Waals surface area contributed by atoms with Crippen LogP contribution in [0.25, 0.3) is 0 Å². The summed E-state index contributed by atoms with van der Waals surface area (Å²) in [4.78, 5) is 10.3. The van der Waals surface area contributed by atoms with E-state index < -0.39 is 11.9 Å². The molecule has 31 heavy (non-hydrogen) atoms.